The zero-order valence-corrected chi connectivity index (χ0v) is 9.59. The van der Waals surface area contributed by atoms with Crippen LogP contribution in [0.4, 0.5) is 0 Å². The molecule has 0 fully saturated rings. The average molecular weight is 211 g/mol. The van der Waals surface area contributed by atoms with Gasteiger partial charge in [0.25, 0.3) is 0 Å². The van der Waals surface area contributed by atoms with Crippen molar-refractivity contribution in [1.82, 2.24) is 0 Å². The topological polar surface area (TPSA) is 53.7 Å². The summed E-state index contributed by atoms with van der Waals surface area (Å²) in [6, 6.07) is 1.94. The molecule has 0 aliphatic heterocycles. The van der Waals surface area contributed by atoms with Gasteiger partial charge >= 0.3 is 0 Å². The van der Waals surface area contributed by atoms with Crippen LogP contribution in [-0.4, -0.2) is 14.2 Å². The third-order valence-corrected chi connectivity index (χ3v) is 2.54. The van der Waals surface area contributed by atoms with Crippen LogP contribution < -0.4 is 15.4 Å². The molecule has 1 aromatic carbocycles. The van der Waals surface area contributed by atoms with Gasteiger partial charge in [0.2, 0.25) is 0 Å². The largest absolute Gasteiger partial charge is 0.493 e. The molecule has 84 valence electrons. The van der Waals surface area contributed by atoms with Gasteiger partial charge in [-0.1, -0.05) is 0 Å². The molecule has 1 rings (SSSR count). The summed E-state index contributed by atoms with van der Waals surface area (Å²) >= 11 is 0. The summed E-state index contributed by atoms with van der Waals surface area (Å²) in [5.74, 6) is 6.49. The second-order valence-electron chi connectivity index (χ2n) is 3.34. The van der Waals surface area contributed by atoms with Gasteiger partial charge in [0.05, 0.1) is 20.8 Å². The van der Waals surface area contributed by atoms with Crippen molar-refractivity contribution in [3.8, 4) is 11.5 Å². The van der Waals surface area contributed by atoms with E-state index in [9.17, 15) is 0 Å². The van der Waals surface area contributed by atoms with Gasteiger partial charge < -0.3 is 9.47 Å². The standard InChI is InChI=1S/C11H17NO3/c1-7-5-10(13-3)11(14-4)9(6-15-12)8(7)2/h5H,6,12H2,1-4H3. The molecule has 0 saturated heterocycles. The third-order valence-electron chi connectivity index (χ3n) is 2.54. The highest BCUT2D eigenvalue weighted by molar-refractivity contribution is 5.53. The van der Waals surface area contributed by atoms with E-state index in [4.69, 9.17) is 15.4 Å². The Morgan fingerprint density at radius 2 is 1.87 bits per heavy atom. The van der Waals surface area contributed by atoms with Gasteiger partial charge in [-0.2, -0.15) is 0 Å². The van der Waals surface area contributed by atoms with Gasteiger partial charge in [-0.15, -0.1) is 0 Å². The average Bonchev–Trinajstić information content (AvgIpc) is 2.24. The van der Waals surface area contributed by atoms with Crippen molar-refractivity contribution in [2.75, 3.05) is 14.2 Å². The van der Waals surface area contributed by atoms with Crippen LogP contribution >= 0.6 is 0 Å². The lowest BCUT2D eigenvalue weighted by Gasteiger charge is -2.16. The Hall–Kier alpha value is -1.26. The van der Waals surface area contributed by atoms with E-state index >= 15 is 0 Å². The minimum absolute atomic E-state index is 0.313. The van der Waals surface area contributed by atoms with Gasteiger partial charge in [0.1, 0.15) is 0 Å². The smallest absolute Gasteiger partial charge is 0.166 e. The summed E-state index contributed by atoms with van der Waals surface area (Å²) in [6.45, 7) is 4.33. The zero-order valence-electron chi connectivity index (χ0n) is 9.59. The lowest BCUT2D eigenvalue weighted by atomic mass is 10.0. The summed E-state index contributed by atoms with van der Waals surface area (Å²) in [4.78, 5) is 4.67. The van der Waals surface area contributed by atoms with Gasteiger partial charge in [0.15, 0.2) is 11.5 Å². The molecular weight excluding hydrogens is 194 g/mol. The monoisotopic (exact) mass is 211 g/mol. The molecule has 0 heterocycles. The molecule has 0 aromatic heterocycles. The second-order valence-corrected chi connectivity index (χ2v) is 3.34. The van der Waals surface area contributed by atoms with Crippen LogP contribution in [0.15, 0.2) is 6.07 Å². The van der Waals surface area contributed by atoms with Crippen molar-refractivity contribution in [1.29, 1.82) is 0 Å². The highest BCUT2D eigenvalue weighted by Crippen LogP contribution is 2.35. The number of aryl methyl sites for hydroxylation is 1. The lowest BCUT2D eigenvalue weighted by molar-refractivity contribution is 0.121. The fourth-order valence-electron chi connectivity index (χ4n) is 1.56. The minimum Gasteiger partial charge on any atom is -0.493 e. The molecule has 0 amide bonds. The van der Waals surface area contributed by atoms with Crippen molar-refractivity contribution < 1.29 is 14.3 Å². The van der Waals surface area contributed by atoms with Crippen LogP contribution in [0.25, 0.3) is 0 Å². The van der Waals surface area contributed by atoms with E-state index in [-0.39, 0.29) is 0 Å². The Bertz CT molecular complexity index is 350. The first-order valence-corrected chi connectivity index (χ1v) is 4.68. The maximum absolute atomic E-state index is 5.30. The van der Waals surface area contributed by atoms with E-state index in [1.54, 1.807) is 14.2 Å². The van der Waals surface area contributed by atoms with E-state index in [1.165, 1.54) is 0 Å². The van der Waals surface area contributed by atoms with Crippen LogP contribution in [0.2, 0.25) is 0 Å². The van der Waals surface area contributed by atoms with E-state index in [0.29, 0.717) is 18.1 Å². The molecular formula is C11H17NO3. The number of ether oxygens (including phenoxy) is 2. The molecule has 4 heteroatoms. The summed E-state index contributed by atoms with van der Waals surface area (Å²) < 4.78 is 10.5. The fourth-order valence-corrected chi connectivity index (χ4v) is 1.56. The molecule has 4 nitrogen and oxygen atoms in total. The van der Waals surface area contributed by atoms with Gasteiger partial charge in [-0.05, 0) is 31.0 Å². The van der Waals surface area contributed by atoms with Crippen molar-refractivity contribution >= 4 is 0 Å². The molecule has 2 N–H and O–H groups in total. The third kappa shape index (κ3) is 2.22. The Morgan fingerprint density at radius 1 is 1.20 bits per heavy atom. The van der Waals surface area contributed by atoms with Crippen molar-refractivity contribution in [2.45, 2.75) is 20.5 Å². The Labute approximate surface area is 89.9 Å². The zero-order chi connectivity index (χ0) is 11.4. The SMILES string of the molecule is COc1cc(C)c(C)c(CON)c1OC. The lowest BCUT2D eigenvalue weighted by Crippen LogP contribution is -2.05. The molecule has 0 unspecified atom stereocenters. The minimum atomic E-state index is 0.313. The summed E-state index contributed by atoms with van der Waals surface area (Å²) in [7, 11) is 3.21. The van der Waals surface area contributed by atoms with Gasteiger partial charge in [0, 0.05) is 5.56 Å². The normalized spacial score (nSPS) is 10.2. The highest BCUT2D eigenvalue weighted by atomic mass is 16.6. The first kappa shape index (κ1) is 11.8. The van der Waals surface area contributed by atoms with E-state index in [0.717, 1.165) is 16.7 Å². The van der Waals surface area contributed by atoms with E-state index < -0.39 is 0 Å². The van der Waals surface area contributed by atoms with E-state index in [2.05, 4.69) is 4.84 Å². The predicted molar refractivity (Wildman–Crippen MR) is 58.0 cm³/mol. The molecule has 0 atom stereocenters. The summed E-state index contributed by atoms with van der Waals surface area (Å²) in [5, 5.41) is 0. The second kappa shape index (κ2) is 5.00. The Kier molecular flexibility index (Phi) is 3.94. The van der Waals surface area contributed by atoms with Gasteiger partial charge in [-0.25, -0.2) is 5.90 Å². The van der Waals surface area contributed by atoms with Crippen LogP contribution in [0, 0.1) is 13.8 Å². The molecule has 0 aliphatic rings. The van der Waals surface area contributed by atoms with Crippen LogP contribution in [0.3, 0.4) is 0 Å². The Morgan fingerprint density at radius 3 is 2.33 bits per heavy atom. The number of hydrogen-bond acceptors (Lipinski definition) is 4. The maximum Gasteiger partial charge on any atom is 0.166 e. The Balaban J connectivity index is 3.35. The number of benzene rings is 1. The van der Waals surface area contributed by atoms with Crippen molar-refractivity contribution in [2.24, 2.45) is 5.90 Å². The highest BCUT2D eigenvalue weighted by Gasteiger charge is 2.14. The van der Waals surface area contributed by atoms with Crippen LogP contribution in [0.1, 0.15) is 16.7 Å². The van der Waals surface area contributed by atoms with E-state index in [1.807, 2.05) is 19.9 Å². The maximum atomic E-state index is 5.30. The number of rotatable bonds is 4. The quantitative estimate of drug-likeness (QED) is 0.770. The van der Waals surface area contributed by atoms with Crippen LogP contribution in [0.5, 0.6) is 11.5 Å². The van der Waals surface area contributed by atoms with Gasteiger partial charge in [-0.3, -0.25) is 4.84 Å². The van der Waals surface area contributed by atoms with Crippen LogP contribution in [-0.2, 0) is 11.4 Å². The number of hydrogen-bond donors (Lipinski definition) is 1. The summed E-state index contributed by atoms with van der Waals surface area (Å²) in [5.41, 5.74) is 3.16. The predicted octanol–water partition coefficient (Wildman–Crippen LogP) is 1.71. The molecule has 0 spiro atoms. The fraction of sp³-hybridized carbons (Fsp3) is 0.455. The molecule has 0 saturated carbocycles. The molecule has 15 heavy (non-hydrogen) atoms. The van der Waals surface area contributed by atoms with Crippen molar-refractivity contribution in [3.05, 3.63) is 22.8 Å². The summed E-state index contributed by atoms with van der Waals surface area (Å²) in [6.07, 6.45) is 0. The molecule has 0 aliphatic carbocycles. The number of nitrogens with two attached hydrogens (primary N) is 1. The number of methoxy groups -OCH3 is 2. The molecule has 0 radical (unpaired) electrons. The first-order chi connectivity index (χ1) is 7.15. The molecule has 0 bridgehead atoms. The van der Waals surface area contributed by atoms with Crippen molar-refractivity contribution in [3.63, 3.8) is 0 Å². The molecule has 1 aromatic rings. The first-order valence-electron chi connectivity index (χ1n) is 4.68.